The molecule has 3 amide bonds. The minimum absolute atomic E-state index is 0.0566. The van der Waals surface area contributed by atoms with Crippen LogP contribution in [0, 0.1) is 0 Å². The van der Waals surface area contributed by atoms with E-state index in [4.69, 9.17) is 13.8 Å². The van der Waals surface area contributed by atoms with Crippen molar-refractivity contribution in [2.75, 3.05) is 20.3 Å². The van der Waals surface area contributed by atoms with Gasteiger partial charge in [-0.1, -0.05) is 23.4 Å². The van der Waals surface area contributed by atoms with E-state index in [0.717, 1.165) is 0 Å². The zero-order valence-corrected chi connectivity index (χ0v) is 22.0. The van der Waals surface area contributed by atoms with E-state index in [1.807, 2.05) is 0 Å². The lowest BCUT2D eigenvalue weighted by Gasteiger charge is -2.25. The summed E-state index contributed by atoms with van der Waals surface area (Å²) in [6, 6.07) is 6.48. The number of hydrogen-bond acceptors (Lipinski definition) is 12. The number of para-hydroxylation sites is 1. The summed E-state index contributed by atoms with van der Waals surface area (Å²) in [5, 5.41) is 33.7. The van der Waals surface area contributed by atoms with Crippen LogP contribution in [0.1, 0.15) is 25.3 Å². The molecule has 2 aliphatic heterocycles. The van der Waals surface area contributed by atoms with Crippen LogP contribution in [0.4, 0.5) is 4.79 Å². The molecule has 0 saturated carbocycles. The minimum atomic E-state index is -4.21. The van der Waals surface area contributed by atoms with Crippen LogP contribution in [-0.4, -0.2) is 92.6 Å². The molecule has 2 aromatic rings. The van der Waals surface area contributed by atoms with Gasteiger partial charge in [-0.05, 0) is 19.1 Å². The number of ether oxygens (including phenoxy) is 2. The maximum absolute atomic E-state index is 13.5. The van der Waals surface area contributed by atoms with Gasteiger partial charge in [0.25, 0.3) is 0 Å². The van der Waals surface area contributed by atoms with Gasteiger partial charge in [-0.3, -0.25) is 19.4 Å². The number of amides is 3. The number of rotatable bonds is 11. The smallest absolute Gasteiger partial charge is 0.459 e. The maximum Gasteiger partial charge on any atom is 0.459 e. The van der Waals surface area contributed by atoms with E-state index in [1.54, 1.807) is 18.2 Å². The fraction of sp³-hybridized carbons (Fsp3) is 0.500. The third-order valence-electron chi connectivity index (χ3n) is 5.93. The number of carbonyl (C=O) groups is 3. The summed E-state index contributed by atoms with van der Waals surface area (Å²) in [6.07, 6.45) is -3.69. The minimum Gasteiger partial charge on any atom is -0.468 e. The molecular weight excluding hydrogens is 539 g/mol. The molecular formula is C22H29N6O10P. The van der Waals surface area contributed by atoms with Crippen molar-refractivity contribution >= 4 is 25.7 Å². The Morgan fingerprint density at radius 3 is 2.72 bits per heavy atom. The van der Waals surface area contributed by atoms with E-state index < -0.39 is 56.9 Å². The van der Waals surface area contributed by atoms with Gasteiger partial charge >= 0.3 is 19.7 Å². The third kappa shape index (κ3) is 6.98. The average Bonchev–Trinajstić information content (AvgIpc) is 3.48. The zero-order valence-electron chi connectivity index (χ0n) is 21.1. The molecule has 17 heteroatoms. The largest absolute Gasteiger partial charge is 0.468 e. The van der Waals surface area contributed by atoms with Crippen molar-refractivity contribution in [3.63, 3.8) is 0 Å². The molecule has 212 valence electrons. The molecule has 0 radical (unpaired) electrons. The summed E-state index contributed by atoms with van der Waals surface area (Å²) >= 11 is 0. The monoisotopic (exact) mass is 568 g/mol. The predicted molar refractivity (Wildman–Crippen MR) is 130 cm³/mol. The lowest BCUT2D eigenvalue weighted by molar-refractivity contribution is -0.142. The van der Waals surface area contributed by atoms with Crippen molar-refractivity contribution < 1.29 is 47.7 Å². The number of carbonyl (C=O) groups excluding carboxylic acids is 3. The Morgan fingerprint density at radius 1 is 1.28 bits per heavy atom. The van der Waals surface area contributed by atoms with Gasteiger partial charge in [-0.25, -0.2) is 14.0 Å². The van der Waals surface area contributed by atoms with Gasteiger partial charge in [-0.2, -0.15) is 5.09 Å². The van der Waals surface area contributed by atoms with Crippen LogP contribution in [-0.2, 0) is 34.7 Å². The Kier molecular flexibility index (Phi) is 8.94. The van der Waals surface area contributed by atoms with E-state index in [1.165, 1.54) is 41.9 Å². The van der Waals surface area contributed by atoms with E-state index >= 15 is 0 Å². The van der Waals surface area contributed by atoms with E-state index in [9.17, 15) is 29.2 Å². The van der Waals surface area contributed by atoms with E-state index in [2.05, 4.69) is 25.5 Å². The van der Waals surface area contributed by atoms with Gasteiger partial charge in [0, 0.05) is 13.0 Å². The Labute approximate surface area is 222 Å². The lowest BCUT2D eigenvalue weighted by Crippen LogP contribution is -2.48. The SMILES string of the molecule is COC(=O)[C@@H](C)NP(=O)(OCC1OC(n2cc(CN3CCC(=O)NC3=O)nn2)C(O)C1O)Oc1ccccc1. The van der Waals surface area contributed by atoms with Gasteiger partial charge in [-0.15, -0.1) is 5.10 Å². The number of benzene rings is 1. The molecule has 0 spiro atoms. The Bertz CT molecular complexity index is 1230. The van der Waals surface area contributed by atoms with Crippen LogP contribution in [0.5, 0.6) is 5.75 Å². The van der Waals surface area contributed by atoms with Crippen LogP contribution >= 0.6 is 7.75 Å². The van der Waals surface area contributed by atoms with Gasteiger partial charge in [0.1, 0.15) is 35.8 Å². The van der Waals surface area contributed by atoms with Crippen LogP contribution in [0.15, 0.2) is 36.5 Å². The van der Waals surface area contributed by atoms with E-state index in [-0.39, 0.29) is 31.2 Å². The van der Waals surface area contributed by atoms with Crippen molar-refractivity contribution in [2.45, 2.75) is 50.5 Å². The average molecular weight is 568 g/mol. The topological polar surface area (TPSA) is 204 Å². The maximum atomic E-state index is 13.5. The zero-order chi connectivity index (χ0) is 28.2. The van der Waals surface area contributed by atoms with Crippen molar-refractivity contribution in [3.8, 4) is 5.75 Å². The number of nitrogens with zero attached hydrogens (tertiary/aromatic N) is 4. The first-order valence-electron chi connectivity index (χ1n) is 11.9. The van der Waals surface area contributed by atoms with Crippen molar-refractivity contribution in [1.29, 1.82) is 0 Å². The molecule has 1 aromatic carbocycles. The quantitative estimate of drug-likeness (QED) is 0.203. The molecule has 2 saturated heterocycles. The molecule has 2 fully saturated rings. The molecule has 0 bridgehead atoms. The summed E-state index contributed by atoms with van der Waals surface area (Å²) in [7, 11) is -3.03. The van der Waals surface area contributed by atoms with Gasteiger partial charge < -0.3 is 29.1 Å². The number of imide groups is 1. The highest BCUT2D eigenvalue weighted by atomic mass is 31.2. The molecule has 4 rings (SSSR count). The Hall–Kier alpha value is -3.40. The fourth-order valence-corrected chi connectivity index (χ4v) is 5.39. The molecule has 2 aliphatic rings. The summed E-state index contributed by atoms with van der Waals surface area (Å²) in [5.41, 5.74) is 0.353. The Morgan fingerprint density at radius 2 is 2.03 bits per heavy atom. The highest BCUT2D eigenvalue weighted by Crippen LogP contribution is 2.46. The van der Waals surface area contributed by atoms with Crippen LogP contribution in [0.3, 0.4) is 0 Å². The second-order valence-electron chi connectivity index (χ2n) is 8.83. The molecule has 0 aliphatic carbocycles. The number of methoxy groups -OCH3 is 1. The number of aliphatic hydroxyl groups is 2. The van der Waals surface area contributed by atoms with Crippen molar-refractivity contribution in [3.05, 3.63) is 42.2 Å². The fourth-order valence-electron chi connectivity index (χ4n) is 3.89. The van der Waals surface area contributed by atoms with Crippen molar-refractivity contribution in [2.24, 2.45) is 0 Å². The first-order chi connectivity index (χ1) is 18.6. The molecule has 4 N–H and O–H groups in total. The molecule has 16 nitrogen and oxygen atoms in total. The van der Waals surface area contributed by atoms with Crippen LogP contribution < -0.4 is 14.9 Å². The normalized spacial score (nSPS) is 25.6. The summed E-state index contributed by atoms with van der Waals surface area (Å²) in [5.74, 6) is -0.879. The van der Waals surface area contributed by atoms with Gasteiger partial charge in [0.05, 0.1) is 26.5 Å². The van der Waals surface area contributed by atoms with Gasteiger partial charge in [0.15, 0.2) is 6.23 Å². The molecule has 3 heterocycles. The predicted octanol–water partition coefficient (Wildman–Crippen LogP) is -0.306. The Balaban J connectivity index is 1.41. The second kappa shape index (κ2) is 12.2. The second-order valence-corrected chi connectivity index (χ2v) is 10.5. The highest BCUT2D eigenvalue weighted by Gasteiger charge is 2.46. The standard InChI is InChI=1S/C22H29N6O10P/c1-13(21(32)35-2)25-39(34,38-15-6-4-3-5-7-15)36-12-16-18(30)19(31)20(37-16)28-11-14(24-26-28)10-27-9-8-17(29)23-22(27)33/h3-7,11,13,16,18-20,30-31H,8-10,12H2,1-2H3,(H,25,34)(H,23,29,33)/t13-,16?,18?,19?,20?,39?/m1/s1. The summed E-state index contributed by atoms with van der Waals surface area (Å²) in [6.45, 7) is 1.18. The molecule has 5 unspecified atom stereocenters. The summed E-state index contributed by atoms with van der Waals surface area (Å²) < 4.78 is 36.1. The lowest BCUT2D eigenvalue weighted by atomic mass is 10.1. The molecule has 39 heavy (non-hydrogen) atoms. The third-order valence-corrected chi connectivity index (χ3v) is 7.58. The first kappa shape index (κ1) is 28.6. The van der Waals surface area contributed by atoms with E-state index in [0.29, 0.717) is 5.69 Å². The van der Waals surface area contributed by atoms with Crippen molar-refractivity contribution in [1.82, 2.24) is 30.3 Å². The number of aromatic nitrogens is 3. The first-order valence-corrected chi connectivity index (χ1v) is 13.5. The number of hydrogen-bond donors (Lipinski definition) is 4. The van der Waals surface area contributed by atoms with Crippen LogP contribution in [0.2, 0.25) is 0 Å². The number of urea groups is 1. The molecule has 6 atom stereocenters. The highest BCUT2D eigenvalue weighted by molar-refractivity contribution is 7.52. The molecule has 1 aromatic heterocycles. The number of esters is 1. The van der Waals surface area contributed by atoms with Crippen LogP contribution in [0.25, 0.3) is 0 Å². The number of nitrogens with one attached hydrogen (secondary N) is 2. The number of aliphatic hydroxyl groups excluding tert-OH is 2. The summed E-state index contributed by atoms with van der Waals surface area (Å²) in [4.78, 5) is 36.6. The van der Waals surface area contributed by atoms with Gasteiger partial charge in [0.2, 0.25) is 5.91 Å².